The first-order valence-corrected chi connectivity index (χ1v) is 7.35. The summed E-state index contributed by atoms with van der Waals surface area (Å²) in [6.07, 6.45) is -4.05. The number of anilines is 1. The molecule has 0 aliphatic heterocycles. The van der Waals surface area contributed by atoms with Crippen LogP contribution >= 0.6 is 23.2 Å². The maximum absolute atomic E-state index is 13.9. The van der Waals surface area contributed by atoms with Gasteiger partial charge in [0.2, 0.25) is 0 Å². The number of aryl methyl sites for hydroxylation is 2. The number of hydrogen-bond acceptors (Lipinski definition) is 2. The second-order valence-electron chi connectivity index (χ2n) is 4.95. The number of hydrogen-bond donors (Lipinski definition) is 1. The van der Waals surface area contributed by atoms with Crippen LogP contribution in [0.1, 0.15) is 11.1 Å². The van der Waals surface area contributed by atoms with Gasteiger partial charge < -0.3 is 10.1 Å². The summed E-state index contributed by atoms with van der Waals surface area (Å²) >= 11 is 11.6. The van der Waals surface area contributed by atoms with Crippen molar-refractivity contribution in [3.63, 3.8) is 0 Å². The lowest BCUT2D eigenvalue weighted by atomic mass is 10.2. The molecule has 0 aliphatic carbocycles. The molecule has 0 radical (unpaired) electrons. The molecule has 3 nitrogen and oxygen atoms in total. The van der Waals surface area contributed by atoms with E-state index >= 15 is 0 Å². The van der Waals surface area contributed by atoms with Gasteiger partial charge in [-0.15, -0.1) is 0 Å². The molecule has 0 unspecified atom stereocenters. The van der Waals surface area contributed by atoms with Crippen molar-refractivity contribution in [2.45, 2.75) is 20.0 Å². The fourth-order valence-electron chi connectivity index (χ4n) is 1.79. The number of rotatable bonds is 4. The molecule has 0 bridgehead atoms. The fourth-order valence-corrected chi connectivity index (χ4v) is 2.19. The Labute approximate surface area is 142 Å². The SMILES string of the molecule is Cc1ccc(NC(=O)C(F)(F)Oc2ccc(Cl)cc2C)cc1Cl. The average Bonchev–Trinajstić information content (AvgIpc) is 2.46. The third-order valence-electron chi connectivity index (χ3n) is 3.07. The zero-order chi connectivity index (χ0) is 17.2. The van der Waals surface area contributed by atoms with Crippen molar-refractivity contribution in [1.82, 2.24) is 0 Å². The first-order valence-electron chi connectivity index (χ1n) is 6.59. The summed E-state index contributed by atoms with van der Waals surface area (Å²) in [4.78, 5) is 11.8. The van der Waals surface area contributed by atoms with Crippen molar-refractivity contribution in [3.05, 3.63) is 57.6 Å². The Bertz CT molecular complexity index is 751. The van der Waals surface area contributed by atoms with Crippen LogP contribution in [-0.2, 0) is 4.79 Å². The predicted molar refractivity (Wildman–Crippen MR) is 86.6 cm³/mol. The topological polar surface area (TPSA) is 38.3 Å². The molecule has 0 spiro atoms. The molecule has 122 valence electrons. The summed E-state index contributed by atoms with van der Waals surface area (Å²) in [6.45, 7) is 3.31. The lowest BCUT2D eigenvalue weighted by molar-refractivity contribution is -0.187. The van der Waals surface area contributed by atoms with Gasteiger partial charge in [0.25, 0.3) is 0 Å². The molecule has 2 aromatic carbocycles. The number of ether oxygens (including phenoxy) is 1. The lowest BCUT2D eigenvalue weighted by Gasteiger charge is -2.18. The van der Waals surface area contributed by atoms with Gasteiger partial charge in [-0.25, -0.2) is 0 Å². The van der Waals surface area contributed by atoms with E-state index in [9.17, 15) is 13.6 Å². The number of nitrogens with one attached hydrogen (secondary N) is 1. The summed E-state index contributed by atoms with van der Waals surface area (Å²) in [5.74, 6) is -1.72. The second kappa shape index (κ2) is 6.72. The molecule has 0 aromatic heterocycles. The van der Waals surface area contributed by atoms with E-state index in [0.717, 1.165) is 5.56 Å². The van der Waals surface area contributed by atoms with Crippen LogP contribution in [0.25, 0.3) is 0 Å². The van der Waals surface area contributed by atoms with Crippen molar-refractivity contribution in [3.8, 4) is 5.75 Å². The van der Waals surface area contributed by atoms with Gasteiger partial charge in [-0.05, 0) is 55.3 Å². The zero-order valence-electron chi connectivity index (χ0n) is 12.3. The van der Waals surface area contributed by atoms with E-state index in [1.807, 2.05) is 0 Å². The van der Waals surface area contributed by atoms with Crippen LogP contribution in [0.2, 0.25) is 10.0 Å². The first-order chi connectivity index (χ1) is 10.7. The van der Waals surface area contributed by atoms with E-state index in [1.54, 1.807) is 19.9 Å². The molecule has 0 saturated carbocycles. The molecule has 2 rings (SSSR count). The molecule has 7 heteroatoms. The largest absolute Gasteiger partial charge is 0.482 e. The normalized spacial score (nSPS) is 11.2. The lowest BCUT2D eigenvalue weighted by Crippen LogP contribution is -2.40. The molecule has 23 heavy (non-hydrogen) atoms. The number of carbonyl (C=O) groups excluding carboxylic acids is 1. The van der Waals surface area contributed by atoms with Crippen molar-refractivity contribution >= 4 is 34.8 Å². The Morgan fingerprint density at radius 2 is 1.78 bits per heavy atom. The zero-order valence-corrected chi connectivity index (χ0v) is 13.8. The number of amides is 1. The van der Waals surface area contributed by atoms with Crippen molar-refractivity contribution in [2.75, 3.05) is 5.32 Å². The van der Waals surface area contributed by atoms with Crippen LogP contribution in [-0.4, -0.2) is 12.0 Å². The molecular formula is C16H13Cl2F2NO2. The number of benzene rings is 2. The third kappa shape index (κ3) is 4.33. The smallest absolute Gasteiger partial charge is 0.425 e. The van der Waals surface area contributed by atoms with Gasteiger partial charge in [-0.2, -0.15) is 8.78 Å². The van der Waals surface area contributed by atoms with Gasteiger partial charge in [0.1, 0.15) is 5.75 Å². The molecule has 0 heterocycles. The van der Waals surface area contributed by atoms with Gasteiger partial charge in [0.15, 0.2) is 0 Å². The summed E-state index contributed by atoms with van der Waals surface area (Å²) in [5.41, 5.74) is 1.31. The highest BCUT2D eigenvalue weighted by molar-refractivity contribution is 6.31. The van der Waals surface area contributed by atoms with Gasteiger partial charge in [0.05, 0.1) is 0 Å². The molecule has 0 aliphatic rings. The fraction of sp³-hybridized carbons (Fsp3) is 0.188. The highest BCUT2D eigenvalue weighted by Gasteiger charge is 2.42. The summed E-state index contributed by atoms with van der Waals surface area (Å²) in [6, 6.07) is 8.62. The third-order valence-corrected chi connectivity index (χ3v) is 3.71. The quantitative estimate of drug-likeness (QED) is 0.812. The Morgan fingerprint density at radius 1 is 1.09 bits per heavy atom. The van der Waals surface area contributed by atoms with Crippen LogP contribution in [0.4, 0.5) is 14.5 Å². The van der Waals surface area contributed by atoms with E-state index in [-0.39, 0.29) is 11.4 Å². The summed E-state index contributed by atoms with van der Waals surface area (Å²) in [5, 5.41) is 2.82. The summed E-state index contributed by atoms with van der Waals surface area (Å²) < 4.78 is 32.4. The van der Waals surface area contributed by atoms with E-state index < -0.39 is 12.0 Å². The highest BCUT2D eigenvalue weighted by atomic mass is 35.5. The molecule has 2 aromatic rings. The highest BCUT2D eigenvalue weighted by Crippen LogP contribution is 2.28. The van der Waals surface area contributed by atoms with Crippen LogP contribution < -0.4 is 10.1 Å². The molecule has 0 fully saturated rings. The predicted octanol–water partition coefficient (Wildman–Crippen LogP) is 5.22. The van der Waals surface area contributed by atoms with Crippen LogP contribution in [0.5, 0.6) is 5.75 Å². The molecule has 0 atom stereocenters. The van der Waals surface area contributed by atoms with Gasteiger partial charge >= 0.3 is 12.0 Å². The first kappa shape index (κ1) is 17.5. The molecular weight excluding hydrogens is 347 g/mol. The molecule has 0 saturated heterocycles. The second-order valence-corrected chi connectivity index (χ2v) is 5.79. The monoisotopic (exact) mass is 359 g/mol. The minimum Gasteiger partial charge on any atom is -0.425 e. The number of carbonyl (C=O) groups is 1. The van der Waals surface area contributed by atoms with Crippen LogP contribution in [0, 0.1) is 13.8 Å². The number of halogens is 4. The van der Waals surface area contributed by atoms with Gasteiger partial charge in [0, 0.05) is 15.7 Å². The van der Waals surface area contributed by atoms with Crippen LogP contribution in [0.3, 0.4) is 0 Å². The minimum absolute atomic E-state index is 0.128. The maximum atomic E-state index is 13.9. The van der Waals surface area contributed by atoms with E-state index in [1.165, 1.54) is 30.3 Å². The van der Waals surface area contributed by atoms with Crippen LogP contribution in [0.15, 0.2) is 36.4 Å². The van der Waals surface area contributed by atoms with Gasteiger partial charge in [-0.1, -0.05) is 29.3 Å². The number of alkyl halides is 2. The van der Waals surface area contributed by atoms with Crippen molar-refractivity contribution in [2.24, 2.45) is 0 Å². The van der Waals surface area contributed by atoms with Crippen molar-refractivity contribution in [1.29, 1.82) is 0 Å². The van der Waals surface area contributed by atoms with Crippen molar-refractivity contribution < 1.29 is 18.3 Å². The van der Waals surface area contributed by atoms with E-state index in [4.69, 9.17) is 23.2 Å². The Balaban J connectivity index is 2.14. The van der Waals surface area contributed by atoms with E-state index in [0.29, 0.717) is 15.6 Å². The molecule has 1 amide bonds. The Hall–Kier alpha value is -1.85. The summed E-state index contributed by atoms with van der Waals surface area (Å²) in [7, 11) is 0. The minimum atomic E-state index is -4.05. The van der Waals surface area contributed by atoms with Gasteiger partial charge in [-0.3, -0.25) is 4.79 Å². The Kier molecular flexibility index (Phi) is 5.12. The standard InChI is InChI=1S/C16H13Cl2F2NO2/c1-9-3-5-12(8-13(9)18)21-15(22)16(19,20)23-14-6-4-11(17)7-10(14)2/h3-8H,1-2H3,(H,21,22). The Morgan fingerprint density at radius 3 is 2.39 bits per heavy atom. The average molecular weight is 360 g/mol. The maximum Gasteiger partial charge on any atom is 0.482 e. The molecule has 1 N–H and O–H groups in total. The van der Waals surface area contributed by atoms with E-state index in [2.05, 4.69) is 10.1 Å².